The minimum atomic E-state index is -0.350. The van der Waals surface area contributed by atoms with E-state index in [1.165, 1.54) is 11.3 Å². The van der Waals surface area contributed by atoms with Crippen LogP contribution in [-0.4, -0.2) is 23.1 Å². The summed E-state index contributed by atoms with van der Waals surface area (Å²) in [7, 11) is 0. The van der Waals surface area contributed by atoms with Gasteiger partial charge in [0.15, 0.2) is 10.8 Å². The Bertz CT molecular complexity index is 378. The number of hydrogen-bond donors (Lipinski definition) is 1. The quantitative estimate of drug-likeness (QED) is 0.768. The molecule has 0 spiro atoms. The van der Waals surface area contributed by atoms with Crippen LogP contribution >= 0.6 is 11.3 Å². The molecule has 18 heavy (non-hydrogen) atoms. The van der Waals surface area contributed by atoms with Gasteiger partial charge in [0.05, 0.1) is 6.61 Å². The number of esters is 1. The Morgan fingerprint density at radius 3 is 2.44 bits per heavy atom. The van der Waals surface area contributed by atoms with Crippen molar-refractivity contribution in [3.8, 4) is 0 Å². The third-order valence-corrected chi connectivity index (χ3v) is 4.15. The van der Waals surface area contributed by atoms with E-state index in [-0.39, 0.29) is 11.5 Å². The summed E-state index contributed by atoms with van der Waals surface area (Å²) in [5.74, 6) is -0.350. The van der Waals surface area contributed by atoms with Crippen molar-refractivity contribution < 1.29 is 9.53 Å². The number of anilines is 1. The lowest BCUT2D eigenvalue weighted by molar-refractivity contribution is 0.0520. The van der Waals surface area contributed by atoms with Gasteiger partial charge in [0.2, 0.25) is 0 Å². The number of nitrogens with zero attached hydrogens (tertiary/aromatic N) is 1. The fourth-order valence-corrected chi connectivity index (χ4v) is 2.67. The van der Waals surface area contributed by atoms with Gasteiger partial charge >= 0.3 is 5.97 Å². The zero-order chi connectivity index (χ0) is 13.6. The number of rotatable bonds is 7. The topological polar surface area (TPSA) is 51.2 Å². The van der Waals surface area contributed by atoms with Gasteiger partial charge in [-0.1, -0.05) is 20.8 Å². The molecule has 1 aromatic rings. The Hall–Kier alpha value is -1.10. The van der Waals surface area contributed by atoms with Crippen LogP contribution in [0.1, 0.15) is 57.4 Å². The fourth-order valence-electron chi connectivity index (χ4n) is 1.87. The maximum Gasteiger partial charge on any atom is 0.357 e. The summed E-state index contributed by atoms with van der Waals surface area (Å²) >= 11 is 1.45. The van der Waals surface area contributed by atoms with E-state index in [1.807, 2.05) is 0 Å². The summed E-state index contributed by atoms with van der Waals surface area (Å²) in [4.78, 5) is 15.8. The van der Waals surface area contributed by atoms with E-state index in [0.29, 0.717) is 12.3 Å². The maximum atomic E-state index is 11.5. The zero-order valence-electron chi connectivity index (χ0n) is 11.6. The Morgan fingerprint density at radius 1 is 1.33 bits per heavy atom. The van der Waals surface area contributed by atoms with Crippen LogP contribution in [0.4, 0.5) is 5.13 Å². The molecule has 0 saturated heterocycles. The molecule has 4 nitrogen and oxygen atoms in total. The van der Waals surface area contributed by atoms with Gasteiger partial charge in [-0.2, -0.15) is 0 Å². The van der Waals surface area contributed by atoms with Crippen LogP contribution in [-0.2, 0) is 4.74 Å². The monoisotopic (exact) mass is 270 g/mol. The average molecular weight is 270 g/mol. The molecule has 1 rings (SSSR count). The summed E-state index contributed by atoms with van der Waals surface area (Å²) in [6.45, 7) is 8.67. The van der Waals surface area contributed by atoms with Crippen LogP contribution in [0.15, 0.2) is 5.38 Å². The molecule has 0 fully saturated rings. The number of carbonyl (C=O) groups is 1. The van der Waals surface area contributed by atoms with Crippen molar-refractivity contribution in [3.63, 3.8) is 0 Å². The van der Waals surface area contributed by atoms with Crippen molar-refractivity contribution in [2.24, 2.45) is 0 Å². The highest BCUT2D eigenvalue weighted by Crippen LogP contribution is 2.27. The van der Waals surface area contributed by atoms with Crippen molar-refractivity contribution in [2.75, 3.05) is 11.9 Å². The Balaban J connectivity index is 2.77. The van der Waals surface area contributed by atoms with Gasteiger partial charge in [-0.25, -0.2) is 9.78 Å². The first-order valence-electron chi connectivity index (χ1n) is 6.51. The highest BCUT2D eigenvalue weighted by Gasteiger charge is 2.25. The van der Waals surface area contributed by atoms with Gasteiger partial charge in [-0.3, -0.25) is 0 Å². The molecule has 1 aromatic heterocycles. The molecule has 102 valence electrons. The van der Waals surface area contributed by atoms with Crippen molar-refractivity contribution in [2.45, 2.75) is 52.5 Å². The number of aromatic nitrogens is 1. The van der Waals surface area contributed by atoms with Crippen LogP contribution in [0, 0.1) is 0 Å². The summed E-state index contributed by atoms with van der Waals surface area (Å²) in [6, 6.07) is 0. The summed E-state index contributed by atoms with van der Waals surface area (Å²) in [5.41, 5.74) is 0.464. The second-order valence-electron chi connectivity index (χ2n) is 4.22. The van der Waals surface area contributed by atoms with Crippen LogP contribution in [0.3, 0.4) is 0 Å². The molecular weight excluding hydrogens is 248 g/mol. The third kappa shape index (κ3) is 3.45. The lowest BCUT2D eigenvalue weighted by Gasteiger charge is -2.31. The highest BCUT2D eigenvalue weighted by atomic mass is 32.1. The lowest BCUT2D eigenvalue weighted by Crippen LogP contribution is -2.36. The molecule has 1 N–H and O–H groups in total. The smallest absolute Gasteiger partial charge is 0.357 e. The van der Waals surface area contributed by atoms with Crippen LogP contribution in [0.5, 0.6) is 0 Å². The normalized spacial score (nSPS) is 11.3. The number of hydrogen-bond acceptors (Lipinski definition) is 5. The van der Waals surface area contributed by atoms with E-state index in [1.54, 1.807) is 12.3 Å². The maximum absolute atomic E-state index is 11.5. The first-order valence-corrected chi connectivity index (χ1v) is 7.39. The van der Waals surface area contributed by atoms with Gasteiger partial charge in [0, 0.05) is 10.9 Å². The minimum Gasteiger partial charge on any atom is -0.461 e. The Labute approximate surface area is 113 Å². The molecule has 0 aromatic carbocycles. The van der Waals surface area contributed by atoms with Gasteiger partial charge < -0.3 is 10.1 Å². The molecule has 0 aliphatic carbocycles. The molecule has 5 heteroatoms. The first-order chi connectivity index (χ1) is 8.60. The zero-order valence-corrected chi connectivity index (χ0v) is 12.4. The average Bonchev–Trinajstić information content (AvgIpc) is 2.85. The Kier molecular flexibility index (Phi) is 5.59. The predicted octanol–water partition coefficient (Wildman–Crippen LogP) is 3.70. The summed E-state index contributed by atoms with van der Waals surface area (Å²) in [5, 5.41) is 6.00. The van der Waals surface area contributed by atoms with E-state index in [4.69, 9.17) is 4.74 Å². The molecular formula is C13H22N2O2S. The molecule has 0 aliphatic heterocycles. The van der Waals surface area contributed by atoms with Crippen LogP contribution in [0.25, 0.3) is 0 Å². The summed E-state index contributed by atoms with van der Waals surface area (Å²) in [6.07, 6.45) is 3.11. The minimum absolute atomic E-state index is 0.0732. The molecule has 0 atom stereocenters. The summed E-state index contributed by atoms with van der Waals surface area (Å²) < 4.78 is 4.93. The first kappa shape index (κ1) is 15.0. The van der Waals surface area contributed by atoms with Crippen LogP contribution in [0.2, 0.25) is 0 Å². The third-order valence-electron chi connectivity index (χ3n) is 3.39. The number of carbonyl (C=O) groups excluding carboxylic acids is 1. The fraction of sp³-hybridized carbons (Fsp3) is 0.692. The van der Waals surface area contributed by atoms with Crippen LogP contribution < -0.4 is 5.32 Å². The second kappa shape index (κ2) is 6.73. The molecule has 0 radical (unpaired) electrons. The molecule has 0 saturated carbocycles. The molecule has 0 bridgehead atoms. The largest absolute Gasteiger partial charge is 0.461 e. The van der Waals surface area contributed by atoms with E-state index in [0.717, 1.165) is 24.4 Å². The van der Waals surface area contributed by atoms with E-state index < -0.39 is 0 Å². The van der Waals surface area contributed by atoms with Gasteiger partial charge in [0.1, 0.15) is 0 Å². The van der Waals surface area contributed by atoms with E-state index in [2.05, 4.69) is 31.1 Å². The molecule has 1 heterocycles. The standard InChI is InChI=1S/C13H22N2O2S/c1-5-13(6-2,7-3)15-12-14-10(9-18-12)11(16)17-8-4/h9H,5-8H2,1-4H3,(H,14,15). The van der Waals surface area contributed by atoms with Crippen molar-refractivity contribution in [3.05, 3.63) is 11.1 Å². The van der Waals surface area contributed by atoms with Crippen molar-refractivity contribution >= 4 is 22.4 Å². The molecule has 0 aliphatic rings. The number of nitrogens with one attached hydrogen (secondary N) is 1. The van der Waals surface area contributed by atoms with E-state index in [9.17, 15) is 4.79 Å². The predicted molar refractivity (Wildman–Crippen MR) is 75.3 cm³/mol. The second-order valence-corrected chi connectivity index (χ2v) is 5.08. The van der Waals surface area contributed by atoms with Gasteiger partial charge in [-0.15, -0.1) is 11.3 Å². The van der Waals surface area contributed by atoms with Gasteiger partial charge in [0.25, 0.3) is 0 Å². The SMILES string of the molecule is CCOC(=O)c1csc(NC(CC)(CC)CC)n1. The highest BCUT2D eigenvalue weighted by molar-refractivity contribution is 7.13. The molecule has 0 amide bonds. The lowest BCUT2D eigenvalue weighted by atomic mass is 9.90. The van der Waals surface area contributed by atoms with Crippen molar-refractivity contribution in [1.82, 2.24) is 4.98 Å². The van der Waals surface area contributed by atoms with Gasteiger partial charge in [-0.05, 0) is 26.2 Å². The van der Waals surface area contributed by atoms with E-state index >= 15 is 0 Å². The number of ether oxygens (including phenoxy) is 1. The molecule has 0 unspecified atom stereocenters. The number of thiazole rings is 1. The Morgan fingerprint density at radius 2 is 1.94 bits per heavy atom. The van der Waals surface area contributed by atoms with Crippen molar-refractivity contribution in [1.29, 1.82) is 0 Å².